The van der Waals surface area contributed by atoms with Gasteiger partial charge in [0.15, 0.2) is 0 Å². The minimum atomic E-state index is -0.962. The first-order valence-electron chi connectivity index (χ1n) is 5.06. The number of halogens is 2. The predicted molar refractivity (Wildman–Crippen MR) is 56.4 cm³/mol. The third-order valence-corrected chi connectivity index (χ3v) is 2.20. The lowest BCUT2D eigenvalue weighted by Gasteiger charge is -2.21. The normalized spacial score (nSPS) is 10.4. The first-order chi connectivity index (χ1) is 8.11. The van der Waals surface area contributed by atoms with Crippen LogP contribution in [0.2, 0.25) is 0 Å². The van der Waals surface area contributed by atoms with E-state index < -0.39 is 23.1 Å². The molecule has 0 atom stereocenters. The van der Waals surface area contributed by atoms with E-state index in [1.165, 1.54) is 0 Å². The second kappa shape index (κ2) is 6.27. The van der Waals surface area contributed by atoms with Gasteiger partial charge in [0.25, 0.3) is 5.91 Å². The van der Waals surface area contributed by atoms with E-state index in [4.69, 9.17) is 10.2 Å². The molecular formula is C11H13F2NO3. The van der Waals surface area contributed by atoms with Crippen molar-refractivity contribution in [1.29, 1.82) is 0 Å². The summed E-state index contributed by atoms with van der Waals surface area (Å²) < 4.78 is 26.7. The standard InChI is InChI=1S/C11H13F2NO3/c12-8-2-1-3-9(13)10(8)11(17)14(4-6-15)5-7-16/h1-3,15-16H,4-7H2. The molecule has 0 spiro atoms. The number of nitrogens with zero attached hydrogens (tertiary/aromatic N) is 1. The first-order valence-corrected chi connectivity index (χ1v) is 5.06. The van der Waals surface area contributed by atoms with E-state index >= 15 is 0 Å². The van der Waals surface area contributed by atoms with Crippen LogP contribution in [-0.2, 0) is 0 Å². The van der Waals surface area contributed by atoms with Crippen LogP contribution >= 0.6 is 0 Å². The highest BCUT2D eigenvalue weighted by Crippen LogP contribution is 2.14. The van der Waals surface area contributed by atoms with Gasteiger partial charge in [0, 0.05) is 13.1 Å². The lowest BCUT2D eigenvalue weighted by Crippen LogP contribution is -2.36. The molecule has 4 nitrogen and oxygen atoms in total. The van der Waals surface area contributed by atoms with Crippen molar-refractivity contribution in [2.45, 2.75) is 0 Å². The number of hydrogen-bond acceptors (Lipinski definition) is 3. The molecule has 1 amide bonds. The largest absolute Gasteiger partial charge is 0.395 e. The molecule has 17 heavy (non-hydrogen) atoms. The highest BCUT2D eigenvalue weighted by Gasteiger charge is 2.22. The Balaban J connectivity index is 3.00. The zero-order valence-electron chi connectivity index (χ0n) is 9.07. The molecule has 1 aromatic rings. The molecule has 0 aliphatic heterocycles. The maximum atomic E-state index is 13.3. The summed E-state index contributed by atoms with van der Waals surface area (Å²) in [6, 6.07) is 3.11. The molecule has 2 N–H and O–H groups in total. The summed E-state index contributed by atoms with van der Waals surface area (Å²) in [7, 11) is 0. The Labute approximate surface area is 97.1 Å². The Bertz CT molecular complexity index is 372. The average Bonchev–Trinajstić information content (AvgIpc) is 2.28. The fourth-order valence-corrected chi connectivity index (χ4v) is 1.42. The second-order valence-electron chi connectivity index (χ2n) is 3.34. The van der Waals surface area contributed by atoms with Gasteiger partial charge < -0.3 is 15.1 Å². The smallest absolute Gasteiger partial charge is 0.259 e. The molecule has 0 aliphatic carbocycles. The fraction of sp³-hybridized carbons (Fsp3) is 0.364. The Kier molecular flexibility index (Phi) is 4.99. The summed E-state index contributed by atoms with van der Waals surface area (Å²) in [6.07, 6.45) is 0. The lowest BCUT2D eigenvalue weighted by molar-refractivity contribution is 0.0675. The summed E-state index contributed by atoms with van der Waals surface area (Å²) in [4.78, 5) is 12.8. The van der Waals surface area contributed by atoms with Crippen LogP contribution in [0.1, 0.15) is 10.4 Å². The summed E-state index contributed by atoms with van der Waals surface area (Å²) in [5.74, 6) is -2.81. The van der Waals surface area contributed by atoms with Crippen LogP contribution in [-0.4, -0.2) is 47.3 Å². The third-order valence-electron chi connectivity index (χ3n) is 2.20. The summed E-state index contributed by atoms with van der Waals surface area (Å²) in [5, 5.41) is 17.5. The average molecular weight is 245 g/mol. The van der Waals surface area contributed by atoms with Crippen molar-refractivity contribution in [3.05, 3.63) is 35.4 Å². The summed E-state index contributed by atoms with van der Waals surface area (Å²) in [5.41, 5.74) is -0.672. The Hall–Kier alpha value is -1.53. The predicted octanol–water partition coefficient (Wildman–Crippen LogP) is 0.392. The molecule has 0 fully saturated rings. The van der Waals surface area contributed by atoms with E-state index in [1.807, 2.05) is 0 Å². The molecule has 0 aromatic heterocycles. The van der Waals surface area contributed by atoms with Crippen molar-refractivity contribution >= 4 is 5.91 Å². The van der Waals surface area contributed by atoms with Crippen molar-refractivity contribution in [2.75, 3.05) is 26.3 Å². The third kappa shape index (κ3) is 3.21. The van der Waals surface area contributed by atoms with Gasteiger partial charge in [-0.2, -0.15) is 0 Å². The van der Waals surface area contributed by atoms with E-state index in [0.717, 1.165) is 23.1 Å². The van der Waals surface area contributed by atoms with Gasteiger partial charge in [-0.25, -0.2) is 8.78 Å². The zero-order valence-corrected chi connectivity index (χ0v) is 9.07. The molecule has 0 saturated carbocycles. The molecule has 0 bridgehead atoms. The maximum Gasteiger partial charge on any atom is 0.259 e. The van der Waals surface area contributed by atoms with Gasteiger partial charge in [-0.3, -0.25) is 4.79 Å². The van der Waals surface area contributed by atoms with Gasteiger partial charge in [-0.05, 0) is 12.1 Å². The summed E-state index contributed by atoms with van der Waals surface area (Å²) >= 11 is 0. The van der Waals surface area contributed by atoms with Gasteiger partial charge in [-0.15, -0.1) is 0 Å². The molecule has 0 heterocycles. The van der Waals surface area contributed by atoms with Crippen molar-refractivity contribution in [3.8, 4) is 0 Å². The Morgan fingerprint density at radius 2 is 1.59 bits per heavy atom. The number of rotatable bonds is 5. The Morgan fingerprint density at radius 1 is 1.12 bits per heavy atom. The van der Waals surface area contributed by atoms with Crippen LogP contribution in [0.15, 0.2) is 18.2 Å². The highest BCUT2D eigenvalue weighted by atomic mass is 19.1. The Morgan fingerprint density at radius 3 is 2.00 bits per heavy atom. The fourth-order valence-electron chi connectivity index (χ4n) is 1.42. The van der Waals surface area contributed by atoms with Crippen LogP contribution in [0.25, 0.3) is 0 Å². The minimum absolute atomic E-state index is 0.0901. The summed E-state index contributed by atoms with van der Waals surface area (Å²) in [6.45, 7) is -0.871. The highest BCUT2D eigenvalue weighted by molar-refractivity contribution is 5.94. The topological polar surface area (TPSA) is 60.8 Å². The van der Waals surface area contributed by atoms with E-state index in [0.29, 0.717) is 0 Å². The molecular weight excluding hydrogens is 232 g/mol. The number of hydrogen-bond donors (Lipinski definition) is 2. The van der Waals surface area contributed by atoms with Crippen LogP contribution in [0.3, 0.4) is 0 Å². The number of benzene rings is 1. The van der Waals surface area contributed by atoms with Crippen molar-refractivity contribution < 1.29 is 23.8 Å². The molecule has 6 heteroatoms. The van der Waals surface area contributed by atoms with Crippen molar-refractivity contribution in [3.63, 3.8) is 0 Å². The van der Waals surface area contributed by atoms with Gasteiger partial charge in [-0.1, -0.05) is 6.07 Å². The van der Waals surface area contributed by atoms with Crippen LogP contribution in [0.5, 0.6) is 0 Å². The van der Waals surface area contributed by atoms with Crippen LogP contribution < -0.4 is 0 Å². The van der Waals surface area contributed by atoms with E-state index in [1.54, 1.807) is 0 Å². The molecule has 0 aliphatic rings. The molecule has 1 rings (SSSR count). The van der Waals surface area contributed by atoms with Crippen molar-refractivity contribution in [1.82, 2.24) is 4.90 Å². The first kappa shape index (κ1) is 13.5. The van der Waals surface area contributed by atoms with Crippen LogP contribution in [0, 0.1) is 11.6 Å². The molecule has 1 aromatic carbocycles. The van der Waals surface area contributed by atoms with Crippen molar-refractivity contribution in [2.24, 2.45) is 0 Å². The number of aliphatic hydroxyl groups is 2. The zero-order chi connectivity index (χ0) is 12.8. The van der Waals surface area contributed by atoms with Gasteiger partial charge in [0.2, 0.25) is 0 Å². The van der Waals surface area contributed by atoms with E-state index in [9.17, 15) is 13.6 Å². The quantitative estimate of drug-likeness (QED) is 0.789. The SMILES string of the molecule is O=C(c1c(F)cccc1F)N(CCO)CCO. The van der Waals surface area contributed by atoms with E-state index in [2.05, 4.69) is 0 Å². The molecule has 0 saturated heterocycles. The molecule has 0 unspecified atom stereocenters. The molecule has 0 radical (unpaired) electrons. The van der Waals surface area contributed by atoms with Gasteiger partial charge in [0.1, 0.15) is 17.2 Å². The maximum absolute atomic E-state index is 13.3. The van der Waals surface area contributed by atoms with Gasteiger partial charge >= 0.3 is 0 Å². The van der Waals surface area contributed by atoms with Gasteiger partial charge in [0.05, 0.1) is 13.2 Å². The van der Waals surface area contributed by atoms with E-state index in [-0.39, 0.29) is 26.3 Å². The lowest BCUT2D eigenvalue weighted by atomic mass is 10.1. The number of carbonyl (C=O) groups is 1. The number of amides is 1. The van der Waals surface area contributed by atoms with Crippen LogP contribution in [0.4, 0.5) is 8.78 Å². The second-order valence-corrected chi connectivity index (χ2v) is 3.34. The molecule has 94 valence electrons. The monoisotopic (exact) mass is 245 g/mol. The number of carbonyl (C=O) groups excluding carboxylic acids is 1. The number of aliphatic hydroxyl groups excluding tert-OH is 2. The minimum Gasteiger partial charge on any atom is -0.395 e.